The summed E-state index contributed by atoms with van der Waals surface area (Å²) in [5, 5.41) is 0. The fourth-order valence-electron chi connectivity index (χ4n) is 4.14. The lowest BCUT2D eigenvalue weighted by Gasteiger charge is -2.33. The first-order valence-electron chi connectivity index (χ1n) is 7.60. The highest BCUT2D eigenvalue weighted by Crippen LogP contribution is 2.60. The highest BCUT2D eigenvalue weighted by atomic mass is 16.1. The van der Waals surface area contributed by atoms with Crippen molar-refractivity contribution >= 4 is 5.78 Å². The molecule has 2 atom stereocenters. The molecule has 104 valence electrons. The Balaban J connectivity index is 2.11. The summed E-state index contributed by atoms with van der Waals surface area (Å²) in [6.07, 6.45) is 2.99. The van der Waals surface area contributed by atoms with Crippen molar-refractivity contribution in [3.05, 3.63) is 22.3 Å². The summed E-state index contributed by atoms with van der Waals surface area (Å²) >= 11 is 0. The third-order valence-corrected chi connectivity index (χ3v) is 5.29. The maximum atomic E-state index is 11.8. The minimum atomic E-state index is 0.237. The Morgan fingerprint density at radius 2 is 1.42 bits per heavy atom. The third-order valence-electron chi connectivity index (χ3n) is 5.29. The van der Waals surface area contributed by atoms with Crippen molar-refractivity contribution < 1.29 is 4.79 Å². The molecule has 0 heterocycles. The quantitative estimate of drug-likeness (QED) is 0.616. The number of carbonyl (C=O) groups excluding carboxylic acids is 1. The molecule has 0 saturated heterocycles. The first kappa shape index (κ1) is 13.1. The lowest BCUT2D eigenvalue weighted by atomic mass is 9.70. The fraction of sp³-hybridized carbons (Fsp3) is 0.722. The summed E-state index contributed by atoms with van der Waals surface area (Å²) < 4.78 is 0. The molecule has 3 aliphatic rings. The molecule has 19 heavy (non-hydrogen) atoms. The number of ketones is 1. The van der Waals surface area contributed by atoms with Gasteiger partial charge in [-0.2, -0.15) is 0 Å². The average Bonchev–Trinajstić information content (AvgIpc) is 2.70. The Labute approximate surface area is 117 Å². The zero-order chi connectivity index (χ0) is 14.2. The molecule has 3 aliphatic carbocycles. The molecule has 0 aromatic rings. The molecule has 0 N–H and O–H groups in total. The van der Waals surface area contributed by atoms with Gasteiger partial charge in [-0.1, -0.05) is 52.7 Å². The SMILES string of the molecule is CC(C)(C)C1=C2CC3C(=O)CC3C2=C(C(C)(C)C)C1. The second kappa shape index (κ2) is 3.62. The normalized spacial score (nSPS) is 30.7. The molecule has 0 aliphatic heterocycles. The molecule has 2 saturated carbocycles. The van der Waals surface area contributed by atoms with Gasteiger partial charge in [-0.15, -0.1) is 0 Å². The maximum Gasteiger partial charge on any atom is 0.137 e. The second-order valence-electron chi connectivity index (χ2n) is 8.61. The van der Waals surface area contributed by atoms with E-state index in [1.165, 1.54) is 0 Å². The van der Waals surface area contributed by atoms with Gasteiger partial charge < -0.3 is 0 Å². The first-order valence-corrected chi connectivity index (χ1v) is 7.60. The summed E-state index contributed by atoms with van der Waals surface area (Å²) in [6.45, 7) is 13.9. The summed E-state index contributed by atoms with van der Waals surface area (Å²) in [7, 11) is 0. The van der Waals surface area contributed by atoms with E-state index >= 15 is 0 Å². The van der Waals surface area contributed by atoms with Crippen molar-refractivity contribution in [2.45, 2.75) is 60.8 Å². The van der Waals surface area contributed by atoms with Crippen molar-refractivity contribution in [2.75, 3.05) is 0 Å². The monoisotopic (exact) mass is 258 g/mol. The number of Topliss-reactive ketones (excluding diaryl/α,β-unsaturated/α-hetero) is 1. The average molecular weight is 258 g/mol. The Bertz CT molecular complexity index is 517. The Kier molecular flexibility index (Phi) is 2.51. The second-order valence-corrected chi connectivity index (χ2v) is 8.61. The number of hydrogen-bond acceptors (Lipinski definition) is 1. The summed E-state index contributed by atoms with van der Waals surface area (Å²) in [5.41, 5.74) is 6.86. The first-order chi connectivity index (χ1) is 8.60. The van der Waals surface area contributed by atoms with Crippen LogP contribution in [0.4, 0.5) is 0 Å². The van der Waals surface area contributed by atoms with Crippen molar-refractivity contribution in [3.8, 4) is 0 Å². The molecular formula is C18H26O. The molecule has 2 fully saturated rings. The van der Waals surface area contributed by atoms with E-state index in [0.29, 0.717) is 17.6 Å². The van der Waals surface area contributed by atoms with Gasteiger partial charge in [-0.05, 0) is 34.8 Å². The van der Waals surface area contributed by atoms with Gasteiger partial charge in [0.15, 0.2) is 0 Å². The molecule has 0 aromatic carbocycles. The largest absolute Gasteiger partial charge is 0.299 e. The van der Waals surface area contributed by atoms with Crippen LogP contribution in [-0.2, 0) is 4.79 Å². The van der Waals surface area contributed by atoms with Crippen LogP contribution in [0.5, 0.6) is 0 Å². The predicted molar refractivity (Wildman–Crippen MR) is 78.8 cm³/mol. The van der Waals surface area contributed by atoms with E-state index in [1.54, 1.807) is 22.3 Å². The highest BCUT2D eigenvalue weighted by molar-refractivity contribution is 5.91. The molecule has 0 aromatic heterocycles. The van der Waals surface area contributed by atoms with Gasteiger partial charge in [0.05, 0.1) is 0 Å². The van der Waals surface area contributed by atoms with Gasteiger partial charge in [-0.25, -0.2) is 0 Å². The summed E-state index contributed by atoms with van der Waals surface area (Å²) in [4.78, 5) is 11.8. The topological polar surface area (TPSA) is 17.1 Å². The zero-order valence-electron chi connectivity index (χ0n) is 13.2. The van der Waals surface area contributed by atoms with Crippen LogP contribution >= 0.6 is 0 Å². The molecule has 0 radical (unpaired) electrons. The maximum absolute atomic E-state index is 11.8. The number of carbonyl (C=O) groups is 1. The number of allylic oxidation sites excluding steroid dienone is 4. The molecular weight excluding hydrogens is 232 g/mol. The molecule has 0 bridgehead atoms. The predicted octanol–water partition coefficient (Wildman–Crippen LogP) is 4.68. The van der Waals surface area contributed by atoms with E-state index < -0.39 is 0 Å². The number of rotatable bonds is 0. The van der Waals surface area contributed by atoms with E-state index in [0.717, 1.165) is 19.3 Å². The number of fused-ring (bicyclic) bond motifs is 3. The summed E-state index contributed by atoms with van der Waals surface area (Å²) in [5.74, 6) is 1.40. The Hall–Kier alpha value is -0.850. The molecule has 0 spiro atoms. The molecule has 0 amide bonds. The number of hydrogen-bond donors (Lipinski definition) is 0. The van der Waals surface area contributed by atoms with E-state index in [-0.39, 0.29) is 10.8 Å². The van der Waals surface area contributed by atoms with Crippen LogP contribution in [0.15, 0.2) is 22.3 Å². The standard InChI is InChI=1S/C18H26O/c1-17(2,3)13-9-14(18(4,5)6)16-11-8-15(19)10(11)7-12(13)16/h10-11H,7-9H2,1-6H3. The van der Waals surface area contributed by atoms with Crippen LogP contribution in [0, 0.1) is 22.7 Å². The van der Waals surface area contributed by atoms with E-state index in [1.807, 2.05) is 0 Å². The van der Waals surface area contributed by atoms with Gasteiger partial charge >= 0.3 is 0 Å². The van der Waals surface area contributed by atoms with Crippen molar-refractivity contribution in [1.82, 2.24) is 0 Å². The smallest absolute Gasteiger partial charge is 0.137 e. The van der Waals surface area contributed by atoms with Gasteiger partial charge in [0.25, 0.3) is 0 Å². The van der Waals surface area contributed by atoms with E-state index in [9.17, 15) is 4.79 Å². The van der Waals surface area contributed by atoms with Gasteiger partial charge in [0.2, 0.25) is 0 Å². The Morgan fingerprint density at radius 1 is 0.842 bits per heavy atom. The summed E-state index contributed by atoms with van der Waals surface area (Å²) in [6, 6.07) is 0. The van der Waals surface area contributed by atoms with Crippen molar-refractivity contribution in [2.24, 2.45) is 22.7 Å². The van der Waals surface area contributed by atoms with Crippen molar-refractivity contribution in [1.29, 1.82) is 0 Å². The fourth-order valence-corrected chi connectivity index (χ4v) is 4.14. The lowest BCUT2D eigenvalue weighted by molar-refractivity contribution is -0.131. The Morgan fingerprint density at radius 3 is 1.89 bits per heavy atom. The van der Waals surface area contributed by atoms with Crippen LogP contribution in [0.3, 0.4) is 0 Å². The third kappa shape index (κ3) is 1.77. The van der Waals surface area contributed by atoms with Gasteiger partial charge in [-0.3, -0.25) is 4.79 Å². The molecule has 1 heteroatoms. The molecule has 3 rings (SSSR count). The van der Waals surface area contributed by atoms with Crippen LogP contribution in [0.2, 0.25) is 0 Å². The van der Waals surface area contributed by atoms with E-state index in [2.05, 4.69) is 41.5 Å². The molecule has 1 nitrogen and oxygen atoms in total. The highest BCUT2D eigenvalue weighted by Gasteiger charge is 2.53. The lowest BCUT2D eigenvalue weighted by Crippen LogP contribution is -2.34. The van der Waals surface area contributed by atoms with Gasteiger partial charge in [0.1, 0.15) is 5.78 Å². The molecule has 2 unspecified atom stereocenters. The van der Waals surface area contributed by atoms with Gasteiger partial charge in [0, 0.05) is 18.3 Å². The zero-order valence-corrected chi connectivity index (χ0v) is 13.2. The minimum Gasteiger partial charge on any atom is -0.299 e. The van der Waals surface area contributed by atoms with Crippen molar-refractivity contribution in [3.63, 3.8) is 0 Å². The van der Waals surface area contributed by atoms with Crippen LogP contribution < -0.4 is 0 Å². The van der Waals surface area contributed by atoms with Crippen LogP contribution in [0.25, 0.3) is 0 Å². The van der Waals surface area contributed by atoms with Crippen LogP contribution in [-0.4, -0.2) is 5.78 Å². The minimum absolute atomic E-state index is 0.237. The van der Waals surface area contributed by atoms with Crippen LogP contribution in [0.1, 0.15) is 60.8 Å². The van der Waals surface area contributed by atoms with E-state index in [4.69, 9.17) is 0 Å².